The van der Waals surface area contributed by atoms with Crippen LogP contribution in [0.5, 0.6) is 0 Å². The Balaban J connectivity index is 2.94. The Morgan fingerprint density at radius 1 is 1.06 bits per heavy atom. The van der Waals surface area contributed by atoms with Crippen molar-refractivity contribution in [3.05, 3.63) is 35.9 Å². The van der Waals surface area contributed by atoms with Gasteiger partial charge >= 0.3 is 0 Å². The summed E-state index contributed by atoms with van der Waals surface area (Å²) in [7, 11) is 0. The van der Waals surface area contributed by atoms with E-state index in [1.54, 1.807) is 12.1 Å². The number of primary amides is 2. The van der Waals surface area contributed by atoms with Crippen molar-refractivity contribution in [3.8, 4) is 0 Å². The van der Waals surface area contributed by atoms with Crippen LogP contribution in [0.25, 0.3) is 0 Å². The van der Waals surface area contributed by atoms with Crippen LogP contribution in [0.4, 0.5) is 0 Å². The maximum absolute atomic E-state index is 11.5. The molecule has 0 saturated carbocycles. The maximum atomic E-state index is 11.5. The lowest BCUT2D eigenvalue weighted by Crippen LogP contribution is -2.49. The van der Waals surface area contributed by atoms with E-state index in [1.165, 1.54) is 0 Å². The summed E-state index contributed by atoms with van der Waals surface area (Å²) in [6, 6.07) is 7.70. The second-order valence-corrected chi connectivity index (χ2v) is 4.54. The summed E-state index contributed by atoms with van der Waals surface area (Å²) in [6.07, 6.45) is 0. The van der Waals surface area contributed by atoms with Crippen LogP contribution in [0, 0.1) is 5.92 Å². The molecule has 5 N–H and O–H groups in total. The van der Waals surface area contributed by atoms with E-state index in [1.807, 2.05) is 32.0 Å². The molecule has 0 aliphatic rings. The molecule has 98 valence electrons. The molecule has 18 heavy (non-hydrogen) atoms. The first-order chi connectivity index (χ1) is 8.43. The van der Waals surface area contributed by atoms with E-state index >= 15 is 0 Å². The number of benzene rings is 1. The van der Waals surface area contributed by atoms with E-state index in [-0.39, 0.29) is 5.92 Å². The number of hydrogen-bond acceptors (Lipinski definition) is 3. The van der Waals surface area contributed by atoms with Gasteiger partial charge in [0.1, 0.15) is 6.04 Å². The standard InChI is InChI=1S/C13H19N3O2/c1-8(2)10(12(14)17)16-11(13(15)18)9-6-4-3-5-7-9/h3-8,10-11,16H,1-2H3,(H2,14,17)(H2,15,18). The molecule has 0 heterocycles. The number of carbonyl (C=O) groups excluding carboxylic acids is 2. The van der Waals surface area contributed by atoms with E-state index in [0.717, 1.165) is 5.56 Å². The van der Waals surface area contributed by atoms with Crippen LogP contribution in [-0.2, 0) is 9.59 Å². The summed E-state index contributed by atoms with van der Waals surface area (Å²) in [5.74, 6) is -1.05. The van der Waals surface area contributed by atoms with Gasteiger partial charge in [-0.15, -0.1) is 0 Å². The summed E-state index contributed by atoms with van der Waals surface area (Å²) in [6.45, 7) is 3.71. The number of rotatable bonds is 6. The minimum Gasteiger partial charge on any atom is -0.368 e. The third-order valence-electron chi connectivity index (χ3n) is 2.74. The quantitative estimate of drug-likeness (QED) is 0.676. The van der Waals surface area contributed by atoms with Crippen molar-refractivity contribution >= 4 is 11.8 Å². The molecule has 0 bridgehead atoms. The Labute approximate surface area is 107 Å². The maximum Gasteiger partial charge on any atom is 0.239 e. The van der Waals surface area contributed by atoms with Gasteiger partial charge in [-0.05, 0) is 11.5 Å². The first-order valence-electron chi connectivity index (χ1n) is 5.83. The number of amides is 2. The van der Waals surface area contributed by atoms with Crippen LogP contribution in [0.3, 0.4) is 0 Å². The predicted molar refractivity (Wildman–Crippen MR) is 69.3 cm³/mol. The number of nitrogens with one attached hydrogen (secondary N) is 1. The number of carbonyl (C=O) groups is 2. The van der Waals surface area contributed by atoms with Crippen molar-refractivity contribution in [2.75, 3.05) is 0 Å². The zero-order valence-corrected chi connectivity index (χ0v) is 10.6. The Morgan fingerprint density at radius 2 is 1.61 bits per heavy atom. The van der Waals surface area contributed by atoms with Crippen LogP contribution < -0.4 is 16.8 Å². The minimum absolute atomic E-state index is 0.0203. The van der Waals surface area contributed by atoms with Crippen LogP contribution in [0.1, 0.15) is 25.5 Å². The Morgan fingerprint density at radius 3 is 2.00 bits per heavy atom. The molecule has 1 aromatic carbocycles. The van der Waals surface area contributed by atoms with Crippen molar-refractivity contribution < 1.29 is 9.59 Å². The topological polar surface area (TPSA) is 98.2 Å². The molecule has 0 spiro atoms. The fraction of sp³-hybridized carbons (Fsp3) is 0.385. The van der Waals surface area contributed by atoms with Gasteiger partial charge < -0.3 is 11.5 Å². The molecular weight excluding hydrogens is 230 g/mol. The summed E-state index contributed by atoms with van der Waals surface area (Å²) in [5, 5.41) is 2.92. The van der Waals surface area contributed by atoms with Crippen LogP contribution in [0.15, 0.2) is 30.3 Å². The number of nitrogens with two attached hydrogens (primary N) is 2. The fourth-order valence-electron chi connectivity index (χ4n) is 1.77. The molecule has 1 aromatic rings. The van der Waals surface area contributed by atoms with Gasteiger partial charge in [0.25, 0.3) is 0 Å². The minimum atomic E-state index is -0.717. The molecule has 0 aromatic heterocycles. The first-order valence-corrected chi connectivity index (χ1v) is 5.83. The summed E-state index contributed by atoms with van der Waals surface area (Å²) in [5.41, 5.74) is 11.4. The van der Waals surface area contributed by atoms with Crippen molar-refractivity contribution in [2.24, 2.45) is 17.4 Å². The smallest absolute Gasteiger partial charge is 0.239 e. The SMILES string of the molecule is CC(C)C(NC(C(N)=O)c1ccccc1)C(N)=O. The van der Waals surface area contributed by atoms with Gasteiger partial charge in [-0.1, -0.05) is 44.2 Å². The van der Waals surface area contributed by atoms with E-state index in [9.17, 15) is 9.59 Å². The van der Waals surface area contributed by atoms with Gasteiger partial charge in [0.05, 0.1) is 6.04 Å². The van der Waals surface area contributed by atoms with E-state index in [0.29, 0.717) is 0 Å². The molecule has 2 amide bonds. The molecule has 0 radical (unpaired) electrons. The predicted octanol–water partition coefficient (Wildman–Crippen LogP) is 0.312. The zero-order valence-electron chi connectivity index (χ0n) is 10.6. The first kappa shape index (κ1) is 14.2. The van der Waals surface area contributed by atoms with Gasteiger partial charge in [-0.3, -0.25) is 14.9 Å². The zero-order chi connectivity index (χ0) is 13.7. The molecule has 0 saturated heterocycles. The lowest BCUT2D eigenvalue weighted by atomic mass is 9.99. The highest BCUT2D eigenvalue weighted by Crippen LogP contribution is 2.15. The van der Waals surface area contributed by atoms with E-state index < -0.39 is 23.9 Å². The molecule has 2 atom stereocenters. The third kappa shape index (κ3) is 3.56. The van der Waals surface area contributed by atoms with Crippen LogP contribution in [-0.4, -0.2) is 17.9 Å². The Bertz CT molecular complexity index is 418. The van der Waals surface area contributed by atoms with Crippen molar-refractivity contribution in [2.45, 2.75) is 25.9 Å². The van der Waals surface area contributed by atoms with Crippen molar-refractivity contribution in [3.63, 3.8) is 0 Å². The lowest BCUT2D eigenvalue weighted by molar-refractivity contribution is -0.123. The molecule has 0 fully saturated rings. The third-order valence-corrected chi connectivity index (χ3v) is 2.74. The highest BCUT2D eigenvalue weighted by atomic mass is 16.2. The Kier molecular flexibility index (Phi) is 4.85. The number of hydrogen-bond donors (Lipinski definition) is 3. The van der Waals surface area contributed by atoms with Gasteiger partial charge in [-0.25, -0.2) is 0 Å². The molecule has 0 aliphatic heterocycles. The average molecular weight is 249 g/mol. The lowest BCUT2D eigenvalue weighted by Gasteiger charge is -2.24. The second-order valence-electron chi connectivity index (χ2n) is 4.54. The molecule has 2 unspecified atom stereocenters. The molecule has 0 aliphatic carbocycles. The van der Waals surface area contributed by atoms with E-state index in [2.05, 4.69) is 5.32 Å². The van der Waals surface area contributed by atoms with Crippen LogP contribution in [0.2, 0.25) is 0 Å². The van der Waals surface area contributed by atoms with E-state index in [4.69, 9.17) is 11.5 Å². The van der Waals surface area contributed by atoms with Gasteiger partial charge in [0.2, 0.25) is 11.8 Å². The van der Waals surface area contributed by atoms with Crippen LogP contribution >= 0.6 is 0 Å². The van der Waals surface area contributed by atoms with Gasteiger partial charge in [0, 0.05) is 0 Å². The highest BCUT2D eigenvalue weighted by molar-refractivity contribution is 5.84. The van der Waals surface area contributed by atoms with Crippen molar-refractivity contribution in [1.29, 1.82) is 0 Å². The molecule has 5 nitrogen and oxygen atoms in total. The molecule has 5 heteroatoms. The Hall–Kier alpha value is -1.88. The normalized spacial score (nSPS) is 14.2. The summed E-state index contributed by atoms with van der Waals surface area (Å²) < 4.78 is 0. The summed E-state index contributed by atoms with van der Waals surface area (Å²) in [4.78, 5) is 22.8. The van der Waals surface area contributed by atoms with Gasteiger partial charge in [-0.2, -0.15) is 0 Å². The average Bonchev–Trinajstić information content (AvgIpc) is 2.29. The largest absolute Gasteiger partial charge is 0.368 e. The molecular formula is C13H19N3O2. The monoisotopic (exact) mass is 249 g/mol. The second kappa shape index (κ2) is 6.16. The highest BCUT2D eigenvalue weighted by Gasteiger charge is 2.26. The molecule has 1 rings (SSSR count). The summed E-state index contributed by atoms with van der Waals surface area (Å²) >= 11 is 0. The van der Waals surface area contributed by atoms with Gasteiger partial charge in [0.15, 0.2) is 0 Å². The fourth-order valence-corrected chi connectivity index (χ4v) is 1.77. The van der Waals surface area contributed by atoms with Crippen molar-refractivity contribution in [1.82, 2.24) is 5.32 Å².